The van der Waals surface area contributed by atoms with Gasteiger partial charge in [-0.2, -0.15) is 0 Å². The molecule has 0 radical (unpaired) electrons. The predicted octanol–water partition coefficient (Wildman–Crippen LogP) is 3.35. The summed E-state index contributed by atoms with van der Waals surface area (Å²) in [5.74, 6) is -0.328. The first-order valence-corrected chi connectivity index (χ1v) is 6.12. The molecule has 3 N–H and O–H groups in total. The zero-order valence-electron chi connectivity index (χ0n) is 9.70. The highest BCUT2D eigenvalue weighted by molar-refractivity contribution is 7.11. The molecule has 0 aliphatic rings. The predicted molar refractivity (Wildman–Crippen MR) is 69.7 cm³/mol. The molecule has 0 aliphatic carbocycles. The molecule has 3 nitrogen and oxygen atoms in total. The van der Waals surface area contributed by atoms with Crippen LogP contribution in [0.3, 0.4) is 0 Å². The summed E-state index contributed by atoms with van der Waals surface area (Å²) in [5, 5.41) is 4.22. The molecule has 0 spiro atoms. The molecular weight excluding hydrogens is 237 g/mol. The van der Waals surface area contributed by atoms with Gasteiger partial charge in [0.25, 0.3) is 0 Å². The van der Waals surface area contributed by atoms with Crippen LogP contribution in [0.4, 0.5) is 15.8 Å². The minimum Gasteiger partial charge on any atom is -0.397 e. The molecule has 2 rings (SSSR count). The van der Waals surface area contributed by atoms with E-state index in [0.29, 0.717) is 5.69 Å². The van der Waals surface area contributed by atoms with Gasteiger partial charge in [0.1, 0.15) is 10.8 Å². The van der Waals surface area contributed by atoms with E-state index in [1.807, 2.05) is 20.0 Å². The van der Waals surface area contributed by atoms with Gasteiger partial charge < -0.3 is 11.1 Å². The van der Waals surface area contributed by atoms with Crippen molar-refractivity contribution >= 4 is 22.7 Å². The van der Waals surface area contributed by atoms with Crippen LogP contribution in [0.5, 0.6) is 0 Å². The molecule has 0 aliphatic heterocycles. The van der Waals surface area contributed by atoms with E-state index in [2.05, 4.69) is 10.3 Å². The van der Waals surface area contributed by atoms with E-state index in [4.69, 9.17) is 5.73 Å². The lowest BCUT2D eigenvalue weighted by Crippen LogP contribution is -2.08. The van der Waals surface area contributed by atoms with E-state index in [0.717, 1.165) is 10.7 Å². The van der Waals surface area contributed by atoms with Gasteiger partial charge in [0, 0.05) is 11.1 Å². The molecule has 1 aromatic heterocycles. The van der Waals surface area contributed by atoms with Crippen molar-refractivity contribution in [2.24, 2.45) is 0 Å². The highest BCUT2D eigenvalue weighted by Gasteiger charge is 2.10. The van der Waals surface area contributed by atoms with Crippen molar-refractivity contribution in [3.05, 3.63) is 40.1 Å². The maximum absolute atomic E-state index is 12.9. The molecule has 0 saturated carbocycles. The first-order valence-electron chi connectivity index (χ1n) is 5.30. The van der Waals surface area contributed by atoms with E-state index in [1.165, 1.54) is 17.0 Å². The van der Waals surface area contributed by atoms with Crippen molar-refractivity contribution in [1.29, 1.82) is 0 Å². The molecule has 2 aromatic rings. The molecule has 1 atom stereocenters. The molecule has 17 heavy (non-hydrogen) atoms. The quantitative estimate of drug-likeness (QED) is 0.822. The van der Waals surface area contributed by atoms with Gasteiger partial charge in [0.05, 0.1) is 17.4 Å². The average molecular weight is 251 g/mol. The highest BCUT2D eigenvalue weighted by atomic mass is 32.1. The van der Waals surface area contributed by atoms with Gasteiger partial charge in [-0.25, -0.2) is 9.37 Å². The maximum atomic E-state index is 12.9. The first kappa shape index (κ1) is 11.9. The number of hydrogen-bond acceptors (Lipinski definition) is 4. The van der Waals surface area contributed by atoms with Crippen molar-refractivity contribution in [3.8, 4) is 0 Å². The third kappa shape index (κ3) is 2.74. The minimum atomic E-state index is -0.328. The van der Waals surface area contributed by atoms with Gasteiger partial charge in [-0.05, 0) is 32.0 Å². The van der Waals surface area contributed by atoms with Gasteiger partial charge >= 0.3 is 0 Å². The number of aryl methyl sites for hydroxylation is 1. The largest absolute Gasteiger partial charge is 0.397 e. The smallest absolute Gasteiger partial charge is 0.125 e. The van der Waals surface area contributed by atoms with Gasteiger partial charge in [-0.3, -0.25) is 0 Å². The van der Waals surface area contributed by atoms with E-state index >= 15 is 0 Å². The van der Waals surface area contributed by atoms with Crippen LogP contribution >= 0.6 is 11.3 Å². The van der Waals surface area contributed by atoms with Gasteiger partial charge in [0.2, 0.25) is 0 Å². The van der Waals surface area contributed by atoms with Crippen molar-refractivity contribution < 1.29 is 4.39 Å². The van der Waals surface area contributed by atoms with Gasteiger partial charge in [-0.1, -0.05) is 0 Å². The number of benzene rings is 1. The average Bonchev–Trinajstić information content (AvgIpc) is 2.69. The molecule has 0 bridgehead atoms. The third-order valence-corrected chi connectivity index (χ3v) is 3.49. The second-order valence-corrected chi connectivity index (χ2v) is 5.17. The molecular formula is C12H14FN3S. The fourth-order valence-electron chi connectivity index (χ4n) is 1.53. The zero-order valence-corrected chi connectivity index (χ0v) is 10.5. The normalized spacial score (nSPS) is 12.4. The summed E-state index contributed by atoms with van der Waals surface area (Å²) < 4.78 is 12.9. The Bertz CT molecular complexity index is 524. The van der Waals surface area contributed by atoms with Crippen LogP contribution in [0, 0.1) is 12.7 Å². The minimum absolute atomic E-state index is 0.0569. The number of hydrogen-bond donors (Lipinski definition) is 2. The summed E-state index contributed by atoms with van der Waals surface area (Å²) in [6.45, 7) is 4.02. The number of anilines is 2. The standard InChI is InChI=1S/C12H14FN3S/c1-7-6-15-12(17-7)8(2)16-11-4-3-9(13)5-10(11)14/h3-6,8,16H,14H2,1-2H3. The third-order valence-electron chi connectivity index (χ3n) is 2.40. The second-order valence-electron chi connectivity index (χ2n) is 3.91. The molecule has 0 fully saturated rings. The van der Waals surface area contributed by atoms with Gasteiger partial charge in [0.15, 0.2) is 0 Å². The van der Waals surface area contributed by atoms with Crippen LogP contribution in [0.2, 0.25) is 0 Å². The number of nitrogens with two attached hydrogens (primary N) is 1. The lowest BCUT2D eigenvalue weighted by molar-refractivity contribution is 0.628. The number of nitrogens with zero attached hydrogens (tertiary/aromatic N) is 1. The number of halogens is 1. The van der Waals surface area contributed by atoms with Crippen LogP contribution in [0.1, 0.15) is 22.9 Å². The lowest BCUT2D eigenvalue weighted by Gasteiger charge is -2.14. The van der Waals surface area contributed by atoms with Crippen molar-refractivity contribution in [3.63, 3.8) is 0 Å². The number of aromatic nitrogens is 1. The summed E-state index contributed by atoms with van der Waals surface area (Å²) in [7, 11) is 0. The van der Waals surface area contributed by atoms with Crippen LogP contribution in [-0.2, 0) is 0 Å². The SMILES string of the molecule is Cc1cnc(C(C)Nc2ccc(F)cc2N)s1. The first-order chi connectivity index (χ1) is 8.06. The lowest BCUT2D eigenvalue weighted by atomic mass is 10.2. The molecule has 1 aromatic carbocycles. The fourth-order valence-corrected chi connectivity index (χ4v) is 2.31. The van der Waals surface area contributed by atoms with Crippen LogP contribution in [0.15, 0.2) is 24.4 Å². The van der Waals surface area contributed by atoms with E-state index in [-0.39, 0.29) is 11.9 Å². The summed E-state index contributed by atoms with van der Waals surface area (Å²) in [5.41, 5.74) is 6.87. The Morgan fingerprint density at radius 3 is 2.82 bits per heavy atom. The Morgan fingerprint density at radius 1 is 1.47 bits per heavy atom. The van der Waals surface area contributed by atoms with Crippen LogP contribution in [-0.4, -0.2) is 4.98 Å². The Balaban J connectivity index is 2.15. The number of nitrogens with one attached hydrogen (secondary N) is 1. The monoisotopic (exact) mass is 251 g/mol. The number of nitrogen functional groups attached to an aromatic ring is 1. The second kappa shape index (κ2) is 4.71. The summed E-state index contributed by atoms with van der Waals surface area (Å²) >= 11 is 1.64. The van der Waals surface area contributed by atoms with E-state index < -0.39 is 0 Å². The molecule has 90 valence electrons. The summed E-state index contributed by atoms with van der Waals surface area (Å²) in [6, 6.07) is 4.39. The zero-order chi connectivity index (χ0) is 12.4. The van der Waals surface area contributed by atoms with Crippen molar-refractivity contribution in [1.82, 2.24) is 4.98 Å². The number of thiazole rings is 1. The Hall–Kier alpha value is -1.62. The maximum Gasteiger partial charge on any atom is 0.125 e. The topological polar surface area (TPSA) is 50.9 Å². The van der Waals surface area contributed by atoms with Crippen LogP contribution < -0.4 is 11.1 Å². The van der Waals surface area contributed by atoms with Crippen molar-refractivity contribution in [2.45, 2.75) is 19.9 Å². The fraction of sp³-hybridized carbons (Fsp3) is 0.250. The Kier molecular flexibility index (Phi) is 3.28. The Labute approximate surface area is 103 Å². The number of rotatable bonds is 3. The van der Waals surface area contributed by atoms with E-state index in [9.17, 15) is 4.39 Å². The highest BCUT2D eigenvalue weighted by Crippen LogP contribution is 2.26. The molecule has 0 amide bonds. The molecule has 5 heteroatoms. The summed E-state index contributed by atoms with van der Waals surface area (Å²) in [4.78, 5) is 5.47. The van der Waals surface area contributed by atoms with Crippen molar-refractivity contribution in [2.75, 3.05) is 11.1 Å². The Morgan fingerprint density at radius 2 is 2.24 bits per heavy atom. The van der Waals surface area contributed by atoms with Crippen LogP contribution in [0.25, 0.3) is 0 Å². The molecule has 1 unspecified atom stereocenters. The van der Waals surface area contributed by atoms with E-state index in [1.54, 1.807) is 17.4 Å². The summed E-state index contributed by atoms with van der Waals surface area (Å²) in [6.07, 6.45) is 1.84. The van der Waals surface area contributed by atoms with Gasteiger partial charge in [-0.15, -0.1) is 11.3 Å². The molecule has 1 heterocycles. The molecule has 0 saturated heterocycles.